The smallest absolute Gasteiger partial charge is 0.151 e. The monoisotopic (exact) mass is 272 g/mol. The van der Waals surface area contributed by atoms with Crippen LogP contribution in [0.4, 0.5) is 5.82 Å². The van der Waals surface area contributed by atoms with Crippen LogP contribution < -0.4 is 10.2 Å². The molecule has 0 radical (unpaired) electrons. The standard InChI is InChI=1S/C15H20N4O/c1-12-6-7-14(20-12)11-16-10-13-4-3-9-19(13)15-5-2-8-17-18-15/h2,5-8,13,16H,3-4,9-11H2,1H3/t13-/m1/s1. The number of furan rings is 1. The third-order valence-electron chi connectivity index (χ3n) is 3.70. The summed E-state index contributed by atoms with van der Waals surface area (Å²) >= 11 is 0. The molecule has 3 rings (SSSR count). The number of aryl methyl sites for hydroxylation is 1. The van der Waals surface area contributed by atoms with Crippen LogP contribution in [0.25, 0.3) is 0 Å². The topological polar surface area (TPSA) is 54.2 Å². The summed E-state index contributed by atoms with van der Waals surface area (Å²) in [5.74, 6) is 2.93. The maximum atomic E-state index is 5.56. The highest BCUT2D eigenvalue weighted by Gasteiger charge is 2.25. The molecule has 1 aliphatic heterocycles. The molecule has 1 saturated heterocycles. The molecule has 106 valence electrons. The molecule has 0 aromatic carbocycles. The summed E-state index contributed by atoms with van der Waals surface area (Å²) in [7, 11) is 0. The van der Waals surface area contributed by atoms with Crippen molar-refractivity contribution in [2.24, 2.45) is 0 Å². The largest absolute Gasteiger partial charge is 0.465 e. The minimum Gasteiger partial charge on any atom is -0.465 e. The van der Waals surface area contributed by atoms with E-state index < -0.39 is 0 Å². The summed E-state index contributed by atoms with van der Waals surface area (Å²) in [5.41, 5.74) is 0. The van der Waals surface area contributed by atoms with E-state index in [1.165, 1.54) is 12.8 Å². The number of rotatable bonds is 5. The van der Waals surface area contributed by atoms with Crippen molar-refractivity contribution >= 4 is 5.82 Å². The molecule has 0 unspecified atom stereocenters. The van der Waals surface area contributed by atoms with Gasteiger partial charge in [-0.15, -0.1) is 5.10 Å². The average Bonchev–Trinajstić information content (AvgIpc) is 3.09. The van der Waals surface area contributed by atoms with Crippen LogP contribution in [0.2, 0.25) is 0 Å². The Morgan fingerprint density at radius 2 is 2.35 bits per heavy atom. The van der Waals surface area contributed by atoms with Crippen LogP contribution >= 0.6 is 0 Å². The predicted octanol–water partition coefficient (Wildman–Crippen LogP) is 2.14. The molecule has 5 heteroatoms. The number of nitrogens with one attached hydrogen (secondary N) is 1. The lowest BCUT2D eigenvalue weighted by molar-refractivity contribution is 0.453. The SMILES string of the molecule is Cc1ccc(CNC[C@H]2CCCN2c2cccnn2)o1. The van der Waals surface area contributed by atoms with Gasteiger partial charge in [0.1, 0.15) is 11.5 Å². The van der Waals surface area contributed by atoms with Gasteiger partial charge in [-0.3, -0.25) is 0 Å². The fraction of sp³-hybridized carbons (Fsp3) is 0.467. The summed E-state index contributed by atoms with van der Waals surface area (Å²) in [6.45, 7) is 4.75. The van der Waals surface area contributed by atoms with E-state index in [1.54, 1.807) is 6.20 Å². The minimum atomic E-state index is 0.489. The molecule has 1 fully saturated rings. The number of hydrogen-bond donors (Lipinski definition) is 1. The van der Waals surface area contributed by atoms with E-state index in [2.05, 4.69) is 20.4 Å². The van der Waals surface area contributed by atoms with Gasteiger partial charge in [0.2, 0.25) is 0 Å². The first-order valence-electron chi connectivity index (χ1n) is 7.13. The second kappa shape index (κ2) is 6.05. The Bertz CT molecular complexity index is 540. The summed E-state index contributed by atoms with van der Waals surface area (Å²) in [6.07, 6.45) is 4.12. The van der Waals surface area contributed by atoms with Gasteiger partial charge in [0.25, 0.3) is 0 Å². The van der Waals surface area contributed by atoms with Crippen LogP contribution in [0.5, 0.6) is 0 Å². The Labute approximate surface area is 119 Å². The first kappa shape index (κ1) is 13.1. The highest BCUT2D eigenvalue weighted by molar-refractivity contribution is 5.39. The zero-order valence-corrected chi connectivity index (χ0v) is 11.7. The van der Waals surface area contributed by atoms with E-state index in [0.29, 0.717) is 6.04 Å². The molecule has 0 amide bonds. The normalized spacial score (nSPS) is 18.6. The molecule has 0 saturated carbocycles. The van der Waals surface area contributed by atoms with Crippen LogP contribution in [0.15, 0.2) is 34.9 Å². The van der Waals surface area contributed by atoms with Crippen molar-refractivity contribution in [3.8, 4) is 0 Å². The van der Waals surface area contributed by atoms with Crippen molar-refractivity contribution in [3.05, 3.63) is 42.0 Å². The molecular formula is C15H20N4O. The molecule has 1 aliphatic rings. The van der Waals surface area contributed by atoms with Crippen molar-refractivity contribution in [1.82, 2.24) is 15.5 Å². The van der Waals surface area contributed by atoms with Crippen LogP contribution in [0.3, 0.4) is 0 Å². The molecule has 2 aromatic heterocycles. The summed E-state index contributed by atoms with van der Waals surface area (Å²) in [4.78, 5) is 2.34. The fourth-order valence-electron chi connectivity index (χ4n) is 2.74. The first-order chi connectivity index (χ1) is 9.83. The van der Waals surface area contributed by atoms with Gasteiger partial charge >= 0.3 is 0 Å². The van der Waals surface area contributed by atoms with Gasteiger partial charge in [-0.05, 0) is 44.0 Å². The van der Waals surface area contributed by atoms with Gasteiger partial charge in [0, 0.05) is 25.3 Å². The molecule has 0 spiro atoms. The molecule has 2 aromatic rings. The van der Waals surface area contributed by atoms with E-state index >= 15 is 0 Å². The molecule has 3 heterocycles. The third-order valence-corrected chi connectivity index (χ3v) is 3.70. The Morgan fingerprint density at radius 1 is 1.40 bits per heavy atom. The van der Waals surface area contributed by atoms with Crippen molar-refractivity contribution in [3.63, 3.8) is 0 Å². The number of aromatic nitrogens is 2. The van der Waals surface area contributed by atoms with Gasteiger partial charge in [-0.25, -0.2) is 0 Å². The predicted molar refractivity (Wildman–Crippen MR) is 77.6 cm³/mol. The summed E-state index contributed by atoms with van der Waals surface area (Å²) < 4.78 is 5.56. The summed E-state index contributed by atoms with van der Waals surface area (Å²) in [5, 5.41) is 11.7. The third kappa shape index (κ3) is 2.99. The van der Waals surface area contributed by atoms with Crippen LogP contribution in [-0.4, -0.2) is 29.3 Å². The maximum Gasteiger partial charge on any atom is 0.151 e. The Morgan fingerprint density at radius 3 is 3.10 bits per heavy atom. The Hall–Kier alpha value is -1.88. The van der Waals surface area contributed by atoms with Gasteiger partial charge in [0.05, 0.1) is 6.54 Å². The Kier molecular flexibility index (Phi) is 3.97. The lowest BCUT2D eigenvalue weighted by Crippen LogP contribution is -2.38. The fourth-order valence-corrected chi connectivity index (χ4v) is 2.74. The van der Waals surface area contributed by atoms with Crippen molar-refractivity contribution in [1.29, 1.82) is 0 Å². The average molecular weight is 272 g/mol. The minimum absolute atomic E-state index is 0.489. The summed E-state index contributed by atoms with van der Waals surface area (Å²) in [6, 6.07) is 8.48. The van der Waals surface area contributed by atoms with Crippen LogP contribution in [0, 0.1) is 6.92 Å². The van der Waals surface area contributed by atoms with Crippen LogP contribution in [-0.2, 0) is 6.54 Å². The van der Waals surface area contributed by atoms with Gasteiger partial charge < -0.3 is 14.6 Å². The molecule has 5 nitrogen and oxygen atoms in total. The second-order valence-corrected chi connectivity index (χ2v) is 5.21. The molecule has 1 N–H and O–H groups in total. The van der Waals surface area contributed by atoms with Crippen LogP contribution in [0.1, 0.15) is 24.4 Å². The van der Waals surface area contributed by atoms with Gasteiger partial charge in [-0.2, -0.15) is 5.10 Å². The van der Waals surface area contributed by atoms with E-state index in [-0.39, 0.29) is 0 Å². The lowest BCUT2D eigenvalue weighted by Gasteiger charge is -2.25. The van der Waals surface area contributed by atoms with E-state index in [1.807, 2.05) is 31.2 Å². The van der Waals surface area contributed by atoms with Crippen molar-refractivity contribution < 1.29 is 4.42 Å². The molecule has 0 aliphatic carbocycles. The highest BCUT2D eigenvalue weighted by atomic mass is 16.3. The van der Waals surface area contributed by atoms with Gasteiger partial charge in [0.15, 0.2) is 5.82 Å². The lowest BCUT2D eigenvalue weighted by atomic mass is 10.2. The molecule has 1 atom stereocenters. The van der Waals surface area contributed by atoms with E-state index in [0.717, 1.165) is 37.0 Å². The van der Waals surface area contributed by atoms with Gasteiger partial charge in [-0.1, -0.05) is 0 Å². The van der Waals surface area contributed by atoms with Crippen molar-refractivity contribution in [2.75, 3.05) is 18.0 Å². The van der Waals surface area contributed by atoms with E-state index in [4.69, 9.17) is 4.42 Å². The number of nitrogens with zero attached hydrogens (tertiary/aromatic N) is 3. The molecule has 0 bridgehead atoms. The second-order valence-electron chi connectivity index (χ2n) is 5.21. The molecular weight excluding hydrogens is 252 g/mol. The number of anilines is 1. The maximum absolute atomic E-state index is 5.56. The van der Waals surface area contributed by atoms with Crippen molar-refractivity contribution in [2.45, 2.75) is 32.4 Å². The zero-order valence-electron chi connectivity index (χ0n) is 11.7. The Balaban J connectivity index is 1.54. The zero-order chi connectivity index (χ0) is 13.8. The molecule has 20 heavy (non-hydrogen) atoms. The quantitative estimate of drug-likeness (QED) is 0.903. The number of hydrogen-bond acceptors (Lipinski definition) is 5. The highest BCUT2D eigenvalue weighted by Crippen LogP contribution is 2.22. The first-order valence-corrected chi connectivity index (χ1v) is 7.13. The van der Waals surface area contributed by atoms with E-state index in [9.17, 15) is 0 Å².